The highest BCUT2D eigenvalue weighted by Crippen LogP contribution is 2.25. The summed E-state index contributed by atoms with van der Waals surface area (Å²) in [4.78, 5) is 5.86. The second-order valence-corrected chi connectivity index (χ2v) is 8.62. The van der Waals surface area contributed by atoms with Gasteiger partial charge in [-0.3, -0.25) is 4.68 Å². The molecule has 0 aliphatic heterocycles. The Morgan fingerprint density at radius 3 is 2.53 bits per heavy atom. The van der Waals surface area contributed by atoms with Crippen LogP contribution in [0.15, 0.2) is 89.8 Å². The van der Waals surface area contributed by atoms with Gasteiger partial charge in [0.1, 0.15) is 23.1 Å². The lowest BCUT2D eigenvalue weighted by Gasteiger charge is -2.06. The highest BCUT2D eigenvalue weighted by atomic mass is 32.1. The topological polar surface area (TPSA) is 39.9 Å². The zero-order valence-corrected chi connectivity index (χ0v) is 17.8. The van der Waals surface area contributed by atoms with Crippen molar-refractivity contribution in [3.8, 4) is 26.9 Å². The second-order valence-electron chi connectivity index (χ2n) is 6.82. The zero-order valence-electron chi connectivity index (χ0n) is 16.1. The molecule has 0 saturated carbocycles. The van der Waals surface area contributed by atoms with E-state index in [0.717, 1.165) is 34.3 Å². The third-order valence-electron chi connectivity index (χ3n) is 4.64. The van der Waals surface area contributed by atoms with Crippen LogP contribution in [0.1, 0.15) is 11.3 Å². The van der Waals surface area contributed by atoms with E-state index in [1.165, 1.54) is 10.4 Å². The Labute approximate surface area is 183 Å². The minimum absolute atomic E-state index is 0.464. The molecule has 0 aliphatic rings. The van der Waals surface area contributed by atoms with Crippen molar-refractivity contribution in [2.75, 3.05) is 0 Å². The van der Waals surface area contributed by atoms with E-state index in [0.29, 0.717) is 6.61 Å². The van der Waals surface area contributed by atoms with Crippen molar-refractivity contribution < 1.29 is 4.74 Å². The van der Waals surface area contributed by atoms with Crippen molar-refractivity contribution in [2.24, 2.45) is 0 Å². The molecule has 5 aromatic rings. The number of hydrogen-bond donors (Lipinski definition) is 0. The van der Waals surface area contributed by atoms with Crippen LogP contribution in [0.2, 0.25) is 0 Å². The molecule has 0 amide bonds. The molecule has 0 saturated heterocycles. The average molecular weight is 430 g/mol. The Morgan fingerprint density at radius 1 is 0.867 bits per heavy atom. The maximum absolute atomic E-state index is 5.92. The van der Waals surface area contributed by atoms with E-state index in [1.807, 2.05) is 47.3 Å². The standard InChI is InChI=1S/C24H19N3OS2/c1-2-5-19(6-3-1)24-25-20(17-30-24)16-28-21-10-8-18(9-11-21)15-27-13-12-22(26-27)23-7-4-14-29-23/h1-14,17H,15-16H2. The summed E-state index contributed by atoms with van der Waals surface area (Å²) < 4.78 is 7.89. The highest BCUT2D eigenvalue weighted by molar-refractivity contribution is 7.13. The van der Waals surface area contributed by atoms with Gasteiger partial charge >= 0.3 is 0 Å². The first-order valence-corrected chi connectivity index (χ1v) is 11.4. The van der Waals surface area contributed by atoms with Crippen LogP contribution in [0, 0.1) is 0 Å². The van der Waals surface area contributed by atoms with E-state index in [2.05, 4.69) is 57.2 Å². The molecule has 0 N–H and O–H groups in total. The molecule has 0 aliphatic carbocycles. The summed E-state index contributed by atoms with van der Waals surface area (Å²) in [6.45, 7) is 1.20. The van der Waals surface area contributed by atoms with Gasteiger partial charge in [0.25, 0.3) is 0 Å². The predicted molar refractivity (Wildman–Crippen MR) is 123 cm³/mol. The van der Waals surface area contributed by atoms with Crippen molar-refractivity contribution >= 4 is 22.7 Å². The van der Waals surface area contributed by atoms with Gasteiger partial charge in [-0.15, -0.1) is 22.7 Å². The van der Waals surface area contributed by atoms with Gasteiger partial charge in [0.05, 0.1) is 17.1 Å². The molecule has 6 heteroatoms. The molecule has 0 radical (unpaired) electrons. The van der Waals surface area contributed by atoms with E-state index in [1.54, 1.807) is 22.7 Å². The van der Waals surface area contributed by atoms with Crippen molar-refractivity contribution in [1.29, 1.82) is 0 Å². The molecule has 0 fully saturated rings. The van der Waals surface area contributed by atoms with Crippen LogP contribution in [-0.4, -0.2) is 14.8 Å². The summed E-state index contributed by atoms with van der Waals surface area (Å²) in [7, 11) is 0. The fourth-order valence-corrected chi connectivity index (χ4v) is 4.63. The molecule has 3 aromatic heterocycles. The van der Waals surface area contributed by atoms with Gasteiger partial charge in [0.2, 0.25) is 0 Å². The van der Waals surface area contributed by atoms with Gasteiger partial charge in [-0.2, -0.15) is 5.10 Å². The lowest BCUT2D eigenvalue weighted by atomic mass is 10.2. The third-order valence-corrected chi connectivity index (χ3v) is 6.47. The normalized spacial score (nSPS) is 10.9. The van der Waals surface area contributed by atoms with E-state index in [-0.39, 0.29) is 0 Å². The number of benzene rings is 2. The van der Waals surface area contributed by atoms with E-state index >= 15 is 0 Å². The maximum Gasteiger partial charge on any atom is 0.131 e. The lowest BCUT2D eigenvalue weighted by Crippen LogP contribution is -2.01. The summed E-state index contributed by atoms with van der Waals surface area (Å²) in [5.74, 6) is 0.841. The van der Waals surface area contributed by atoms with Gasteiger partial charge in [-0.25, -0.2) is 4.98 Å². The Kier molecular flexibility index (Phi) is 5.42. The fraction of sp³-hybridized carbons (Fsp3) is 0.0833. The number of aromatic nitrogens is 3. The molecule has 3 heterocycles. The minimum atomic E-state index is 0.464. The van der Waals surface area contributed by atoms with Crippen LogP contribution in [0.5, 0.6) is 5.75 Å². The predicted octanol–water partition coefficient (Wildman–Crippen LogP) is 6.36. The third kappa shape index (κ3) is 4.35. The molecular weight excluding hydrogens is 410 g/mol. The number of ether oxygens (including phenoxy) is 1. The molecule has 0 atom stereocenters. The van der Waals surface area contributed by atoms with Crippen LogP contribution < -0.4 is 4.74 Å². The summed E-state index contributed by atoms with van der Waals surface area (Å²) in [6.07, 6.45) is 2.02. The van der Waals surface area contributed by atoms with E-state index in [9.17, 15) is 0 Å². The molecule has 30 heavy (non-hydrogen) atoms. The largest absolute Gasteiger partial charge is 0.487 e. The lowest BCUT2D eigenvalue weighted by molar-refractivity contribution is 0.302. The fourth-order valence-electron chi connectivity index (χ4n) is 3.13. The number of hydrogen-bond acceptors (Lipinski definition) is 5. The summed E-state index contributed by atoms with van der Waals surface area (Å²) in [6, 6.07) is 24.6. The summed E-state index contributed by atoms with van der Waals surface area (Å²) in [5.41, 5.74) is 4.28. The second kappa shape index (κ2) is 8.65. The van der Waals surface area contributed by atoms with Gasteiger partial charge in [0.15, 0.2) is 0 Å². The smallest absolute Gasteiger partial charge is 0.131 e. The molecule has 0 unspecified atom stereocenters. The first-order valence-electron chi connectivity index (χ1n) is 9.62. The average Bonchev–Trinajstić information content (AvgIpc) is 3.55. The maximum atomic E-state index is 5.92. The van der Waals surface area contributed by atoms with Crippen molar-refractivity contribution in [1.82, 2.24) is 14.8 Å². The summed E-state index contributed by atoms with van der Waals surface area (Å²) >= 11 is 3.35. The van der Waals surface area contributed by atoms with Crippen molar-refractivity contribution in [2.45, 2.75) is 13.2 Å². The van der Waals surface area contributed by atoms with Crippen molar-refractivity contribution in [3.05, 3.63) is 101 Å². The Hall–Kier alpha value is -3.22. The van der Waals surface area contributed by atoms with Crippen LogP contribution in [0.25, 0.3) is 21.1 Å². The van der Waals surface area contributed by atoms with Crippen LogP contribution in [0.4, 0.5) is 0 Å². The van der Waals surface area contributed by atoms with Crippen LogP contribution >= 0.6 is 22.7 Å². The van der Waals surface area contributed by atoms with Gasteiger partial charge in [-0.05, 0) is 35.2 Å². The molecule has 0 spiro atoms. The SMILES string of the molecule is c1ccc(-c2nc(COc3ccc(Cn4ccc(-c5cccs5)n4)cc3)cs2)cc1. The number of thiazole rings is 1. The monoisotopic (exact) mass is 429 g/mol. The highest BCUT2D eigenvalue weighted by Gasteiger charge is 2.06. The Balaban J connectivity index is 1.18. The van der Waals surface area contributed by atoms with E-state index in [4.69, 9.17) is 4.74 Å². The number of nitrogens with zero attached hydrogens (tertiary/aromatic N) is 3. The molecule has 2 aromatic carbocycles. The van der Waals surface area contributed by atoms with Gasteiger partial charge < -0.3 is 4.74 Å². The molecule has 5 rings (SSSR count). The molecule has 4 nitrogen and oxygen atoms in total. The minimum Gasteiger partial charge on any atom is -0.487 e. The quantitative estimate of drug-likeness (QED) is 0.302. The number of thiophene rings is 1. The molecular formula is C24H19N3OS2. The Morgan fingerprint density at radius 2 is 1.73 bits per heavy atom. The zero-order chi connectivity index (χ0) is 20.2. The number of rotatable bonds is 7. The first-order chi connectivity index (χ1) is 14.8. The van der Waals surface area contributed by atoms with Crippen LogP contribution in [-0.2, 0) is 13.2 Å². The first kappa shape index (κ1) is 18.8. The van der Waals surface area contributed by atoms with Gasteiger partial charge in [-0.1, -0.05) is 48.5 Å². The van der Waals surface area contributed by atoms with Crippen LogP contribution in [0.3, 0.4) is 0 Å². The van der Waals surface area contributed by atoms with Crippen molar-refractivity contribution in [3.63, 3.8) is 0 Å². The van der Waals surface area contributed by atoms with Gasteiger partial charge in [0, 0.05) is 17.1 Å². The Bertz CT molecular complexity index is 1210. The molecule has 148 valence electrons. The molecule has 0 bridgehead atoms. The van der Waals surface area contributed by atoms with E-state index < -0.39 is 0 Å². The summed E-state index contributed by atoms with van der Waals surface area (Å²) in [5, 5.41) is 9.81.